The maximum Gasteiger partial charge on any atom is 0.0413 e. The molecule has 0 atom stereocenters. The minimum absolute atomic E-state index is 1.15. The lowest BCUT2D eigenvalue weighted by atomic mass is 10.2. The first-order valence-corrected chi connectivity index (χ1v) is 6.16. The first-order chi connectivity index (χ1) is 8.43. The van der Waals surface area contributed by atoms with Crippen molar-refractivity contribution in [3.05, 3.63) is 66.1 Å². The van der Waals surface area contributed by atoms with Gasteiger partial charge >= 0.3 is 0 Å². The van der Waals surface area contributed by atoms with E-state index in [0.717, 1.165) is 16.0 Å². The van der Waals surface area contributed by atoms with Crippen LogP contribution in [0.4, 0.5) is 0 Å². The third kappa shape index (κ3) is 2.15. The highest BCUT2D eigenvalue weighted by Crippen LogP contribution is 2.36. The molecule has 3 rings (SSSR count). The highest BCUT2D eigenvalue weighted by molar-refractivity contribution is 8.08. The summed E-state index contributed by atoms with van der Waals surface area (Å²) in [5.74, 6) is 0. The van der Waals surface area contributed by atoms with E-state index in [9.17, 15) is 0 Å². The Morgan fingerprint density at radius 2 is 1.76 bits per heavy atom. The summed E-state index contributed by atoms with van der Waals surface area (Å²) in [4.78, 5) is 10.8. The van der Waals surface area contributed by atoms with Gasteiger partial charge in [-0.05, 0) is 23.8 Å². The molecule has 0 amide bonds. The minimum atomic E-state index is 1.15. The van der Waals surface area contributed by atoms with E-state index in [1.165, 1.54) is 4.90 Å². The average Bonchev–Trinajstić information content (AvgIpc) is 2.62. The third-order valence-corrected chi connectivity index (χ3v) is 3.66. The molecule has 0 N–H and O–H groups in total. The van der Waals surface area contributed by atoms with Crippen molar-refractivity contribution in [2.24, 2.45) is 4.99 Å². The Kier molecular flexibility index (Phi) is 2.76. The number of aromatic nitrogens is 1. The van der Waals surface area contributed by atoms with E-state index in [2.05, 4.69) is 28.2 Å². The van der Waals surface area contributed by atoms with Crippen LogP contribution >= 0.6 is 11.8 Å². The maximum absolute atomic E-state index is 4.34. The smallest absolute Gasteiger partial charge is 0.0413 e. The second-order valence-electron chi connectivity index (χ2n) is 3.65. The van der Waals surface area contributed by atoms with Crippen LogP contribution in [0.3, 0.4) is 0 Å². The van der Waals surface area contributed by atoms with Crippen molar-refractivity contribution in [3.8, 4) is 0 Å². The summed E-state index contributed by atoms with van der Waals surface area (Å²) < 4.78 is 0. The normalized spacial score (nSPS) is 13.8. The Labute approximate surface area is 104 Å². The van der Waals surface area contributed by atoms with Gasteiger partial charge in [-0.3, -0.25) is 9.98 Å². The Balaban J connectivity index is 2.02. The largest absolute Gasteiger partial charge is 0.265 e. The van der Waals surface area contributed by atoms with Crippen LogP contribution in [0.25, 0.3) is 4.91 Å². The van der Waals surface area contributed by atoms with Crippen LogP contribution < -0.4 is 0 Å². The predicted octanol–water partition coefficient (Wildman–Crippen LogP) is 3.60. The van der Waals surface area contributed by atoms with Crippen LogP contribution in [0.2, 0.25) is 0 Å². The zero-order valence-electron chi connectivity index (χ0n) is 9.08. The van der Waals surface area contributed by atoms with Crippen molar-refractivity contribution in [1.82, 2.24) is 4.98 Å². The van der Waals surface area contributed by atoms with Gasteiger partial charge < -0.3 is 0 Å². The number of thioether (sulfide) groups is 1. The molecule has 0 saturated heterocycles. The highest BCUT2D eigenvalue weighted by atomic mass is 32.2. The van der Waals surface area contributed by atoms with Crippen LogP contribution in [0.5, 0.6) is 0 Å². The second-order valence-corrected chi connectivity index (χ2v) is 4.73. The summed E-state index contributed by atoms with van der Waals surface area (Å²) in [5.41, 5.74) is 2.32. The number of pyridine rings is 1. The molecular weight excluding hydrogens is 228 g/mol. The van der Waals surface area contributed by atoms with Gasteiger partial charge in [0, 0.05) is 40.2 Å². The molecule has 2 aromatic rings. The van der Waals surface area contributed by atoms with Gasteiger partial charge in [-0.15, -0.1) is 0 Å². The lowest BCUT2D eigenvalue weighted by Crippen LogP contribution is -1.83. The lowest BCUT2D eigenvalue weighted by molar-refractivity contribution is 1.32. The number of nitrogens with zero attached hydrogens (tertiary/aromatic N) is 2. The molecule has 0 saturated carbocycles. The summed E-state index contributed by atoms with van der Waals surface area (Å²) in [5, 5.41) is 0. The zero-order chi connectivity index (χ0) is 11.5. The van der Waals surface area contributed by atoms with E-state index in [1.807, 2.05) is 30.6 Å². The van der Waals surface area contributed by atoms with Crippen LogP contribution in [0.15, 0.2) is 64.9 Å². The van der Waals surface area contributed by atoms with E-state index in [-0.39, 0.29) is 0 Å². The molecule has 0 bridgehead atoms. The standard InChI is InChI=1S/C14H10N2S/c1-2-4-13-12(3-1)9-16-10-14(17-13)11-5-7-15-8-6-11/h1-10H. The summed E-state index contributed by atoms with van der Waals surface area (Å²) in [6.07, 6.45) is 7.41. The molecule has 82 valence electrons. The van der Waals surface area contributed by atoms with Crippen molar-refractivity contribution in [2.45, 2.75) is 4.90 Å². The molecule has 0 spiro atoms. The summed E-state index contributed by atoms with van der Waals surface area (Å²) >= 11 is 1.74. The minimum Gasteiger partial charge on any atom is -0.265 e. The van der Waals surface area contributed by atoms with Gasteiger partial charge in [-0.25, -0.2) is 0 Å². The Bertz CT molecular complexity index is 588. The summed E-state index contributed by atoms with van der Waals surface area (Å²) in [7, 11) is 0. The Hall–Kier alpha value is -1.87. The summed E-state index contributed by atoms with van der Waals surface area (Å²) in [6, 6.07) is 12.3. The topological polar surface area (TPSA) is 25.2 Å². The van der Waals surface area contributed by atoms with Crippen molar-refractivity contribution >= 4 is 22.9 Å². The number of hydrogen-bond donors (Lipinski definition) is 0. The van der Waals surface area contributed by atoms with Crippen molar-refractivity contribution < 1.29 is 0 Å². The molecule has 17 heavy (non-hydrogen) atoms. The molecule has 2 nitrogen and oxygen atoms in total. The van der Waals surface area contributed by atoms with E-state index in [1.54, 1.807) is 24.2 Å². The van der Waals surface area contributed by atoms with Gasteiger partial charge in [-0.1, -0.05) is 30.0 Å². The first kappa shape index (κ1) is 10.3. The molecule has 0 fully saturated rings. The number of aliphatic imine (C=N–C) groups is 1. The molecule has 1 aromatic heterocycles. The van der Waals surface area contributed by atoms with Gasteiger partial charge in [0.2, 0.25) is 0 Å². The molecule has 2 heterocycles. The van der Waals surface area contributed by atoms with E-state index in [0.29, 0.717) is 0 Å². The molecular formula is C14H10N2S. The van der Waals surface area contributed by atoms with Crippen molar-refractivity contribution in [2.75, 3.05) is 0 Å². The lowest BCUT2D eigenvalue weighted by Gasteiger charge is -2.06. The average molecular weight is 238 g/mol. The molecule has 0 unspecified atom stereocenters. The fraction of sp³-hybridized carbons (Fsp3) is 0. The molecule has 0 aliphatic carbocycles. The molecule has 1 aromatic carbocycles. The monoisotopic (exact) mass is 238 g/mol. The van der Waals surface area contributed by atoms with Gasteiger partial charge in [0.15, 0.2) is 0 Å². The molecule has 1 aliphatic rings. The second kappa shape index (κ2) is 4.55. The van der Waals surface area contributed by atoms with Crippen LogP contribution in [0, 0.1) is 0 Å². The van der Waals surface area contributed by atoms with Crippen LogP contribution in [0.1, 0.15) is 11.1 Å². The van der Waals surface area contributed by atoms with E-state index < -0.39 is 0 Å². The number of fused-ring (bicyclic) bond motifs is 1. The Morgan fingerprint density at radius 1 is 0.941 bits per heavy atom. The highest BCUT2D eigenvalue weighted by Gasteiger charge is 2.09. The summed E-state index contributed by atoms with van der Waals surface area (Å²) in [6.45, 7) is 0. The van der Waals surface area contributed by atoms with Crippen molar-refractivity contribution in [1.29, 1.82) is 0 Å². The van der Waals surface area contributed by atoms with Crippen LogP contribution in [-0.2, 0) is 0 Å². The zero-order valence-corrected chi connectivity index (χ0v) is 9.89. The van der Waals surface area contributed by atoms with Gasteiger partial charge in [-0.2, -0.15) is 0 Å². The molecule has 0 radical (unpaired) electrons. The van der Waals surface area contributed by atoms with Crippen molar-refractivity contribution in [3.63, 3.8) is 0 Å². The SMILES string of the molecule is C1=NC=C(c2ccncc2)Sc2ccccc21. The quantitative estimate of drug-likeness (QED) is 0.758. The molecule has 1 aliphatic heterocycles. The van der Waals surface area contributed by atoms with Gasteiger partial charge in [0.1, 0.15) is 0 Å². The fourth-order valence-corrected chi connectivity index (χ4v) is 2.65. The van der Waals surface area contributed by atoms with E-state index >= 15 is 0 Å². The number of hydrogen-bond acceptors (Lipinski definition) is 3. The number of rotatable bonds is 1. The molecule has 3 heteroatoms. The fourth-order valence-electron chi connectivity index (χ4n) is 1.66. The van der Waals surface area contributed by atoms with Gasteiger partial charge in [0.05, 0.1) is 0 Å². The maximum atomic E-state index is 4.34. The van der Waals surface area contributed by atoms with Crippen LogP contribution in [-0.4, -0.2) is 11.2 Å². The number of benzene rings is 1. The predicted molar refractivity (Wildman–Crippen MR) is 72.1 cm³/mol. The third-order valence-electron chi connectivity index (χ3n) is 2.51. The Morgan fingerprint density at radius 3 is 2.65 bits per heavy atom. The van der Waals surface area contributed by atoms with Gasteiger partial charge in [0.25, 0.3) is 0 Å². The first-order valence-electron chi connectivity index (χ1n) is 5.34. The van der Waals surface area contributed by atoms with E-state index in [4.69, 9.17) is 0 Å².